The van der Waals surface area contributed by atoms with E-state index in [4.69, 9.17) is 0 Å². The standard InChI is InChI=1S/C18H25NO2/c1-2-3-5-10-17(20)19-13-11-16(12-14-19)18(21)15-8-6-4-7-9-15/h4,6-9,16H,2-3,5,10-14H2,1H3. The van der Waals surface area contributed by atoms with Crippen LogP contribution in [0.1, 0.15) is 55.8 Å². The zero-order valence-corrected chi connectivity index (χ0v) is 12.9. The van der Waals surface area contributed by atoms with Crippen LogP contribution >= 0.6 is 0 Å². The van der Waals surface area contributed by atoms with Crippen molar-refractivity contribution in [2.24, 2.45) is 5.92 Å². The van der Waals surface area contributed by atoms with E-state index in [1.54, 1.807) is 0 Å². The van der Waals surface area contributed by atoms with E-state index in [-0.39, 0.29) is 17.6 Å². The zero-order chi connectivity index (χ0) is 15.1. The SMILES string of the molecule is CCCCCC(=O)N1CCC(C(=O)c2ccccc2)CC1. The molecule has 0 unspecified atom stereocenters. The van der Waals surface area contributed by atoms with Gasteiger partial charge >= 0.3 is 0 Å². The minimum Gasteiger partial charge on any atom is -0.343 e. The van der Waals surface area contributed by atoms with E-state index in [1.165, 1.54) is 0 Å². The molecule has 0 N–H and O–H groups in total. The third-order valence-electron chi connectivity index (χ3n) is 4.27. The van der Waals surface area contributed by atoms with E-state index in [9.17, 15) is 9.59 Å². The van der Waals surface area contributed by atoms with Crippen LogP contribution in [0.15, 0.2) is 30.3 Å². The molecule has 1 aliphatic heterocycles. The van der Waals surface area contributed by atoms with Gasteiger partial charge in [-0.3, -0.25) is 9.59 Å². The summed E-state index contributed by atoms with van der Waals surface area (Å²) in [5.74, 6) is 0.565. The second-order valence-electron chi connectivity index (χ2n) is 5.84. The summed E-state index contributed by atoms with van der Waals surface area (Å²) in [6, 6.07) is 9.49. The highest BCUT2D eigenvalue weighted by molar-refractivity contribution is 5.98. The fraction of sp³-hybridized carbons (Fsp3) is 0.556. The molecule has 1 heterocycles. The number of rotatable bonds is 6. The Balaban J connectivity index is 1.80. The van der Waals surface area contributed by atoms with Crippen LogP contribution in [0.3, 0.4) is 0 Å². The van der Waals surface area contributed by atoms with Crippen molar-refractivity contribution in [2.45, 2.75) is 45.4 Å². The maximum atomic E-state index is 12.4. The number of carbonyl (C=O) groups is 2. The molecule has 1 amide bonds. The summed E-state index contributed by atoms with van der Waals surface area (Å²) in [6.45, 7) is 3.60. The van der Waals surface area contributed by atoms with E-state index in [0.29, 0.717) is 6.42 Å². The van der Waals surface area contributed by atoms with Crippen LogP contribution in [-0.4, -0.2) is 29.7 Å². The number of amides is 1. The molecule has 1 fully saturated rings. The van der Waals surface area contributed by atoms with Crippen molar-refractivity contribution in [2.75, 3.05) is 13.1 Å². The molecule has 0 saturated carbocycles. The second kappa shape index (κ2) is 7.96. The van der Waals surface area contributed by atoms with Gasteiger partial charge in [-0.05, 0) is 19.3 Å². The summed E-state index contributed by atoms with van der Waals surface area (Å²) in [5, 5.41) is 0. The van der Waals surface area contributed by atoms with Gasteiger partial charge in [0.15, 0.2) is 5.78 Å². The first-order chi connectivity index (χ1) is 10.2. The summed E-state index contributed by atoms with van der Waals surface area (Å²) < 4.78 is 0. The number of hydrogen-bond acceptors (Lipinski definition) is 2. The summed E-state index contributed by atoms with van der Waals surface area (Å²) in [5.41, 5.74) is 0.797. The first kappa shape index (κ1) is 15.7. The van der Waals surface area contributed by atoms with Gasteiger partial charge in [0.25, 0.3) is 0 Å². The number of likely N-dealkylation sites (tertiary alicyclic amines) is 1. The number of nitrogens with zero attached hydrogens (tertiary/aromatic N) is 1. The number of unbranched alkanes of at least 4 members (excludes halogenated alkanes) is 2. The zero-order valence-electron chi connectivity index (χ0n) is 12.9. The molecular formula is C18H25NO2. The van der Waals surface area contributed by atoms with Crippen molar-refractivity contribution in [3.05, 3.63) is 35.9 Å². The van der Waals surface area contributed by atoms with E-state index < -0.39 is 0 Å². The van der Waals surface area contributed by atoms with Crippen LogP contribution in [0.4, 0.5) is 0 Å². The van der Waals surface area contributed by atoms with Crippen LogP contribution in [0.2, 0.25) is 0 Å². The Morgan fingerprint density at radius 2 is 1.76 bits per heavy atom. The molecule has 1 aromatic carbocycles. The fourth-order valence-electron chi connectivity index (χ4n) is 2.91. The van der Waals surface area contributed by atoms with E-state index in [1.807, 2.05) is 35.2 Å². The van der Waals surface area contributed by atoms with E-state index >= 15 is 0 Å². The molecule has 0 aliphatic carbocycles. The van der Waals surface area contributed by atoms with Crippen LogP contribution in [-0.2, 0) is 4.79 Å². The fourth-order valence-corrected chi connectivity index (χ4v) is 2.91. The number of Topliss-reactive ketones (excluding diaryl/α,β-unsaturated/α-hetero) is 1. The van der Waals surface area contributed by atoms with Gasteiger partial charge in [0.05, 0.1) is 0 Å². The van der Waals surface area contributed by atoms with Gasteiger partial charge in [-0.25, -0.2) is 0 Å². The number of ketones is 1. The van der Waals surface area contributed by atoms with Crippen molar-refractivity contribution >= 4 is 11.7 Å². The highest BCUT2D eigenvalue weighted by Crippen LogP contribution is 2.22. The van der Waals surface area contributed by atoms with Gasteiger partial charge in [0.2, 0.25) is 5.91 Å². The number of benzene rings is 1. The molecule has 3 nitrogen and oxygen atoms in total. The Labute approximate surface area is 127 Å². The molecule has 0 bridgehead atoms. The largest absolute Gasteiger partial charge is 0.343 e. The first-order valence-corrected chi connectivity index (χ1v) is 8.09. The lowest BCUT2D eigenvalue weighted by Gasteiger charge is -2.31. The smallest absolute Gasteiger partial charge is 0.222 e. The average Bonchev–Trinajstić information content (AvgIpc) is 2.55. The van der Waals surface area contributed by atoms with Gasteiger partial charge in [-0.1, -0.05) is 50.1 Å². The normalized spacial score (nSPS) is 16.0. The molecule has 0 radical (unpaired) electrons. The van der Waals surface area contributed by atoms with Crippen molar-refractivity contribution in [1.29, 1.82) is 0 Å². The van der Waals surface area contributed by atoms with Gasteiger partial charge in [0, 0.05) is 31.0 Å². The lowest BCUT2D eigenvalue weighted by Crippen LogP contribution is -2.40. The minimum absolute atomic E-state index is 0.0760. The Kier molecular flexibility index (Phi) is 5.97. The van der Waals surface area contributed by atoms with Crippen molar-refractivity contribution < 1.29 is 9.59 Å². The van der Waals surface area contributed by atoms with Gasteiger partial charge in [-0.15, -0.1) is 0 Å². The van der Waals surface area contributed by atoms with Crippen molar-refractivity contribution in [1.82, 2.24) is 4.90 Å². The lowest BCUT2D eigenvalue weighted by atomic mass is 9.89. The molecule has 3 heteroatoms. The summed E-state index contributed by atoms with van der Waals surface area (Å²) in [6.07, 6.45) is 5.50. The summed E-state index contributed by atoms with van der Waals surface area (Å²) in [4.78, 5) is 26.4. The monoisotopic (exact) mass is 287 g/mol. The molecule has 114 valence electrons. The summed E-state index contributed by atoms with van der Waals surface area (Å²) in [7, 11) is 0. The molecule has 0 atom stereocenters. The molecule has 1 aromatic rings. The molecule has 21 heavy (non-hydrogen) atoms. The Morgan fingerprint density at radius 1 is 1.10 bits per heavy atom. The van der Waals surface area contributed by atoms with E-state index in [0.717, 1.165) is 50.8 Å². The number of hydrogen-bond donors (Lipinski definition) is 0. The quantitative estimate of drug-likeness (QED) is 0.591. The Morgan fingerprint density at radius 3 is 2.38 bits per heavy atom. The highest BCUT2D eigenvalue weighted by atomic mass is 16.2. The van der Waals surface area contributed by atoms with Crippen LogP contribution in [0, 0.1) is 5.92 Å². The number of piperidine rings is 1. The highest BCUT2D eigenvalue weighted by Gasteiger charge is 2.27. The predicted molar refractivity (Wildman–Crippen MR) is 84.2 cm³/mol. The van der Waals surface area contributed by atoms with Crippen LogP contribution < -0.4 is 0 Å². The van der Waals surface area contributed by atoms with Crippen molar-refractivity contribution in [3.8, 4) is 0 Å². The van der Waals surface area contributed by atoms with Gasteiger partial charge < -0.3 is 4.90 Å². The van der Waals surface area contributed by atoms with Crippen LogP contribution in [0.25, 0.3) is 0 Å². The lowest BCUT2D eigenvalue weighted by molar-refractivity contribution is -0.132. The molecule has 0 aromatic heterocycles. The molecular weight excluding hydrogens is 262 g/mol. The van der Waals surface area contributed by atoms with Crippen molar-refractivity contribution in [3.63, 3.8) is 0 Å². The second-order valence-corrected chi connectivity index (χ2v) is 5.84. The Bertz CT molecular complexity index is 461. The summed E-state index contributed by atoms with van der Waals surface area (Å²) >= 11 is 0. The topological polar surface area (TPSA) is 37.4 Å². The third kappa shape index (κ3) is 4.42. The first-order valence-electron chi connectivity index (χ1n) is 8.09. The Hall–Kier alpha value is -1.64. The maximum absolute atomic E-state index is 12.4. The molecule has 1 aliphatic rings. The third-order valence-corrected chi connectivity index (χ3v) is 4.27. The van der Waals surface area contributed by atoms with Crippen LogP contribution in [0.5, 0.6) is 0 Å². The number of carbonyl (C=O) groups excluding carboxylic acids is 2. The van der Waals surface area contributed by atoms with Gasteiger partial charge in [-0.2, -0.15) is 0 Å². The average molecular weight is 287 g/mol. The minimum atomic E-state index is 0.0760. The molecule has 2 rings (SSSR count). The molecule has 0 spiro atoms. The maximum Gasteiger partial charge on any atom is 0.222 e. The molecule has 1 saturated heterocycles. The van der Waals surface area contributed by atoms with Gasteiger partial charge in [0.1, 0.15) is 0 Å². The van der Waals surface area contributed by atoms with E-state index in [2.05, 4.69) is 6.92 Å². The predicted octanol–water partition coefficient (Wildman–Crippen LogP) is 3.69.